The molecule has 0 aromatic heterocycles. The summed E-state index contributed by atoms with van der Waals surface area (Å²) in [6, 6.07) is 11.0. The first-order valence-electron chi connectivity index (χ1n) is 11.1. The Morgan fingerprint density at radius 2 is 1.63 bits per heavy atom. The zero-order chi connectivity index (χ0) is 19.4. The topological polar surface area (TPSA) is 9.72 Å². The average Bonchev–Trinajstić information content (AvgIpc) is 2.95. The Morgan fingerprint density at radius 1 is 1.00 bits per heavy atom. The van der Waals surface area contributed by atoms with E-state index in [4.69, 9.17) is 0 Å². The van der Waals surface area contributed by atoms with Gasteiger partial charge in [-0.05, 0) is 63.6 Å². The molecule has 1 aromatic rings. The SMILES string of the molecule is CC.CC(C)N1C2CCC1CN(CC1CCN(c3cccc(S)c3)CC1)C2. The number of piperazine rings is 1. The number of piperidine rings is 1. The van der Waals surface area contributed by atoms with Gasteiger partial charge in [-0.2, -0.15) is 0 Å². The largest absolute Gasteiger partial charge is 0.371 e. The van der Waals surface area contributed by atoms with E-state index in [2.05, 4.69) is 65.4 Å². The van der Waals surface area contributed by atoms with Gasteiger partial charge in [0.1, 0.15) is 0 Å². The number of rotatable bonds is 4. The lowest BCUT2D eigenvalue weighted by atomic mass is 9.95. The molecule has 0 radical (unpaired) electrons. The highest BCUT2D eigenvalue weighted by molar-refractivity contribution is 7.80. The summed E-state index contributed by atoms with van der Waals surface area (Å²) in [4.78, 5) is 9.19. The predicted molar refractivity (Wildman–Crippen MR) is 120 cm³/mol. The summed E-state index contributed by atoms with van der Waals surface area (Å²) in [5, 5.41) is 0. The van der Waals surface area contributed by atoms with Gasteiger partial charge in [-0.15, -0.1) is 12.6 Å². The normalized spacial score (nSPS) is 27.0. The van der Waals surface area contributed by atoms with E-state index in [0.29, 0.717) is 6.04 Å². The highest BCUT2D eigenvalue weighted by Gasteiger charge is 2.41. The predicted octanol–water partition coefficient (Wildman–Crippen LogP) is 4.77. The van der Waals surface area contributed by atoms with E-state index in [1.807, 2.05) is 13.8 Å². The second-order valence-electron chi connectivity index (χ2n) is 8.59. The van der Waals surface area contributed by atoms with Crippen LogP contribution in [0.3, 0.4) is 0 Å². The third-order valence-corrected chi connectivity index (χ3v) is 6.81. The minimum atomic E-state index is 0.713. The number of anilines is 1. The number of thiol groups is 1. The number of hydrogen-bond donors (Lipinski definition) is 1. The van der Waals surface area contributed by atoms with Crippen LogP contribution in [0, 0.1) is 5.92 Å². The molecule has 2 bridgehead atoms. The van der Waals surface area contributed by atoms with Gasteiger partial charge in [0, 0.05) is 61.4 Å². The van der Waals surface area contributed by atoms with Crippen LogP contribution in [-0.2, 0) is 0 Å². The van der Waals surface area contributed by atoms with Gasteiger partial charge in [0.25, 0.3) is 0 Å². The van der Waals surface area contributed by atoms with Crippen molar-refractivity contribution < 1.29 is 0 Å². The van der Waals surface area contributed by atoms with E-state index in [1.54, 1.807) is 0 Å². The molecular formula is C23H39N3S. The molecule has 0 aliphatic carbocycles. The fourth-order valence-corrected chi connectivity index (χ4v) is 5.66. The molecule has 4 heteroatoms. The molecule has 4 rings (SSSR count). The molecule has 3 nitrogen and oxygen atoms in total. The fraction of sp³-hybridized carbons (Fsp3) is 0.739. The van der Waals surface area contributed by atoms with E-state index in [1.165, 1.54) is 64.1 Å². The van der Waals surface area contributed by atoms with Crippen LogP contribution in [0.4, 0.5) is 5.69 Å². The molecule has 3 saturated heterocycles. The molecule has 2 unspecified atom stereocenters. The lowest BCUT2D eigenvalue weighted by Crippen LogP contribution is -2.56. The Bertz CT molecular complexity index is 569. The van der Waals surface area contributed by atoms with Crippen molar-refractivity contribution in [2.75, 3.05) is 37.6 Å². The van der Waals surface area contributed by atoms with Crippen LogP contribution in [0.1, 0.15) is 53.4 Å². The summed E-state index contributed by atoms with van der Waals surface area (Å²) < 4.78 is 0. The van der Waals surface area contributed by atoms with Crippen molar-refractivity contribution in [3.05, 3.63) is 24.3 Å². The van der Waals surface area contributed by atoms with Crippen molar-refractivity contribution >= 4 is 18.3 Å². The highest BCUT2D eigenvalue weighted by Crippen LogP contribution is 2.33. The first kappa shape index (κ1) is 21.0. The Labute approximate surface area is 172 Å². The molecular weight excluding hydrogens is 350 g/mol. The van der Waals surface area contributed by atoms with Crippen LogP contribution >= 0.6 is 12.6 Å². The van der Waals surface area contributed by atoms with Crippen molar-refractivity contribution in [1.29, 1.82) is 0 Å². The Morgan fingerprint density at radius 3 is 2.19 bits per heavy atom. The molecule has 152 valence electrons. The van der Waals surface area contributed by atoms with E-state index >= 15 is 0 Å². The number of likely N-dealkylation sites (tertiary alicyclic amines) is 1. The quantitative estimate of drug-likeness (QED) is 0.743. The van der Waals surface area contributed by atoms with Crippen LogP contribution < -0.4 is 4.90 Å². The summed E-state index contributed by atoms with van der Waals surface area (Å²) in [5.74, 6) is 0.875. The standard InChI is InChI=1S/C21H33N3S.C2H6/c1-16(2)24-19-6-7-20(24)15-22(14-19)13-17-8-10-23(11-9-17)18-4-3-5-21(25)12-18;1-2/h3-5,12,16-17,19-20,25H,6-11,13-15H2,1-2H3;1-2H3. The van der Waals surface area contributed by atoms with Gasteiger partial charge in [0.2, 0.25) is 0 Å². The van der Waals surface area contributed by atoms with Crippen LogP contribution in [0.15, 0.2) is 29.2 Å². The molecule has 1 aromatic carbocycles. The average molecular weight is 390 g/mol. The summed E-state index contributed by atoms with van der Waals surface area (Å²) >= 11 is 4.49. The molecule has 3 fully saturated rings. The van der Waals surface area contributed by atoms with Crippen molar-refractivity contribution in [2.45, 2.75) is 76.4 Å². The summed E-state index contributed by atoms with van der Waals surface area (Å²) in [6.45, 7) is 15.1. The first-order chi connectivity index (χ1) is 13.1. The number of benzene rings is 1. The third-order valence-electron chi connectivity index (χ3n) is 6.54. The van der Waals surface area contributed by atoms with Gasteiger partial charge >= 0.3 is 0 Å². The van der Waals surface area contributed by atoms with Gasteiger partial charge in [-0.25, -0.2) is 0 Å². The van der Waals surface area contributed by atoms with Gasteiger partial charge < -0.3 is 4.90 Å². The van der Waals surface area contributed by atoms with Crippen LogP contribution in [0.2, 0.25) is 0 Å². The van der Waals surface area contributed by atoms with Gasteiger partial charge in [-0.1, -0.05) is 19.9 Å². The summed E-state index contributed by atoms with van der Waals surface area (Å²) in [7, 11) is 0. The minimum absolute atomic E-state index is 0.713. The molecule has 27 heavy (non-hydrogen) atoms. The van der Waals surface area contributed by atoms with Crippen molar-refractivity contribution in [1.82, 2.24) is 9.80 Å². The molecule has 0 spiro atoms. The Hall–Kier alpha value is -0.710. The number of fused-ring (bicyclic) bond motifs is 2. The van der Waals surface area contributed by atoms with Gasteiger partial charge in [0.05, 0.1) is 0 Å². The maximum Gasteiger partial charge on any atom is 0.0377 e. The van der Waals surface area contributed by atoms with E-state index in [-0.39, 0.29) is 0 Å². The maximum atomic E-state index is 4.49. The highest BCUT2D eigenvalue weighted by atomic mass is 32.1. The first-order valence-corrected chi connectivity index (χ1v) is 11.6. The molecule has 2 atom stereocenters. The summed E-state index contributed by atoms with van der Waals surface area (Å²) in [5.41, 5.74) is 1.34. The fourth-order valence-electron chi connectivity index (χ4n) is 5.44. The molecule has 3 heterocycles. The molecule has 0 N–H and O–H groups in total. The number of hydrogen-bond acceptors (Lipinski definition) is 4. The van der Waals surface area contributed by atoms with Crippen molar-refractivity contribution in [2.24, 2.45) is 5.92 Å². The lowest BCUT2D eigenvalue weighted by molar-refractivity contribution is 0.0344. The van der Waals surface area contributed by atoms with Gasteiger partial charge in [0.15, 0.2) is 0 Å². The maximum absolute atomic E-state index is 4.49. The van der Waals surface area contributed by atoms with Crippen LogP contribution in [0.5, 0.6) is 0 Å². The van der Waals surface area contributed by atoms with Crippen LogP contribution in [0.25, 0.3) is 0 Å². The Kier molecular flexibility index (Phi) is 7.52. The molecule has 3 aliphatic rings. The Balaban J connectivity index is 0.00000102. The van der Waals surface area contributed by atoms with Crippen molar-refractivity contribution in [3.63, 3.8) is 0 Å². The lowest BCUT2D eigenvalue weighted by Gasteiger charge is -2.45. The van der Waals surface area contributed by atoms with E-state index < -0.39 is 0 Å². The second kappa shape index (κ2) is 9.67. The van der Waals surface area contributed by atoms with Gasteiger partial charge in [-0.3, -0.25) is 9.80 Å². The molecule has 0 amide bonds. The van der Waals surface area contributed by atoms with Crippen molar-refractivity contribution in [3.8, 4) is 0 Å². The third kappa shape index (κ3) is 5.02. The molecule has 0 saturated carbocycles. The zero-order valence-corrected chi connectivity index (χ0v) is 18.7. The van der Waals surface area contributed by atoms with Crippen LogP contribution in [-0.4, -0.2) is 60.6 Å². The summed E-state index contributed by atoms with van der Waals surface area (Å²) in [6.07, 6.45) is 5.49. The van der Waals surface area contributed by atoms with E-state index in [0.717, 1.165) is 22.9 Å². The van der Waals surface area contributed by atoms with E-state index in [9.17, 15) is 0 Å². The smallest absolute Gasteiger partial charge is 0.0377 e. The molecule has 3 aliphatic heterocycles. The second-order valence-corrected chi connectivity index (χ2v) is 9.11. The number of nitrogens with zero attached hydrogens (tertiary/aromatic N) is 3. The monoisotopic (exact) mass is 389 g/mol. The minimum Gasteiger partial charge on any atom is -0.371 e. The zero-order valence-electron chi connectivity index (χ0n) is 17.8.